The molecule has 0 aromatic carbocycles. The molecular formula is C9H16BrN3. The van der Waals surface area contributed by atoms with Crippen molar-refractivity contribution in [2.24, 2.45) is 13.0 Å². The summed E-state index contributed by atoms with van der Waals surface area (Å²) in [6.07, 6.45) is 4.10. The van der Waals surface area contributed by atoms with Gasteiger partial charge in [0.15, 0.2) is 0 Å². The fourth-order valence-corrected chi connectivity index (χ4v) is 1.36. The molecule has 1 atom stereocenters. The van der Waals surface area contributed by atoms with E-state index in [9.17, 15) is 0 Å². The van der Waals surface area contributed by atoms with Crippen molar-refractivity contribution in [1.29, 1.82) is 0 Å². The maximum atomic E-state index is 4.04. The minimum Gasteiger partial charge on any atom is -0.255 e. The largest absolute Gasteiger partial charge is 0.255 e. The van der Waals surface area contributed by atoms with Crippen LogP contribution in [-0.2, 0) is 13.5 Å². The van der Waals surface area contributed by atoms with Crippen LogP contribution in [-0.4, -0.2) is 19.8 Å². The van der Waals surface area contributed by atoms with Gasteiger partial charge in [0.2, 0.25) is 0 Å². The van der Waals surface area contributed by atoms with E-state index in [0.717, 1.165) is 18.5 Å². The highest BCUT2D eigenvalue weighted by atomic mass is 79.9. The number of alkyl halides is 1. The van der Waals surface area contributed by atoms with E-state index in [-0.39, 0.29) is 0 Å². The van der Waals surface area contributed by atoms with E-state index in [1.54, 1.807) is 4.68 Å². The summed E-state index contributed by atoms with van der Waals surface area (Å²) in [7, 11) is 1.89. The molecule has 0 radical (unpaired) electrons. The standard InChI is InChI=1S/C9H16BrN3/c1-7(2)9(10)5-4-8-6-13(3)12-11-8/h6-7,9H,4-5H2,1-3H3. The van der Waals surface area contributed by atoms with Gasteiger partial charge in [-0.2, -0.15) is 0 Å². The first-order valence-electron chi connectivity index (χ1n) is 4.59. The molecule has 1 aromatic heterocycles. The van der Waals surface area contributed by atoms with Crippen LogP contribution in [0.1, 0.15) is 26.0 Å². The van der Waals surface area contributed by atoms with E-state index in [2.05, 4.69) is 40.1 Å². The third-order valence-corrected chi connectivity index (χ3v) is 3.56. The van der Waals surface area contributed by atoms with Gasteiger partial charge >= 0.3 is 0 Å². The van der Waals surface area contributed by atoms with Crippen LogP contribution < -0.4 is 0 Å². The topological polar surface area (TPSA) is 30.7 Å². The van der Waals surface area contributed by atoms with E-state index in [0.29, 0.717) is 10.7 Å². The van der Waals surface area contributed by atoms with Gasteiger partial charge in [0, 0.05) is 18.1 Å². The lowest BCUT2D eigenvalue weighted by atomic mass is 10.1. The summed E-state index contributed by atoms with van der Waals surface area (Å²) in [6, 6.07) is 0. The zero-order chi connectivity index (χ0) is 9.84. The van der Waals surface area contributed by atoms with Crippen LogP contribution in [0.25, 0.3) is 0 Å². The predicted octanol–water partition coefficient (Wildman–Crippen LogP) is 2.17. The Hall–Kier alpha value is -0.380. The molecule has 0 N–H and O–H groups in total. The molecule has 4 heteroatoms. The van der Waals surface area contributed by atoms with Crippen molar-refractivity contribution in [1.82, 2.24) is 15.0 Å². The highest BCUT2D eigenvalue weighted by Gasteiger charge is 2.09. The molecule has 1 heterocycles. The predicted molar refractivity (Wildman–Crippen MR) is 56.9 cm³/mol. The van der Waals surface area contributed by atoms with E-state index >= 15 is 0 Å². The van der Waals surface area contributed by atoms with E-state index in [1.807, 2.05) is 13.2 Å². The van der Waals surface area contributed by atoms with Crippen molar-refractivity contribution < 1.29 is 0 Å². The smallest absolute Gasteiger partial charge is 0.0827 e. The Morgan fingerprint density at radius 2 is 2.23 bits per heavy atom. The zero-order valence-electron chi connectivity index (χ0n) is 8.37. The van der Waals surface area contributed by atoms with Gasteiger partial charge in [-0.3, -0.25) is 4.68 Å². The molecule has 74 valence electrons. The minimum atomic E-state index is 0.578. The second-order valence-corrected chi connectivity index (χ2v) is 4.86. The second-order valence-electron chi connectivity index (χ2n) is 3.68. The Morgan fingerprint density at radius 1 is 1.54 bits per heavy atom. The monoisotopic (exact) mass is 245 g/mol. The van der Waals surface area contributed by atoms with Crippen LogP contribution in [0.4, 0.5) is 0 Å². The number of hydrogen-bond donors (Lipinski definition) is 0. The number of rotatable bonds is 4. The summed E-state index contributed by atoms with van der Waals surface area (Å²) in [5, 5.41) is 7.93. The van der Waals surface area contributed by atoms with Crippen molar-refractivity contribution >= 4 is 15.9 Å². The van der Waals surface area contributed by atoms with Crippen molar-refractivity contribution in [2.45, 2.75) is 31.5 Å². The number of nitrogens with zero attached hydrogens (tertiary/aromatic N) is 3. The number of aromatic nitrogens is 3. The van der Waals surface area contributed by atoms with Gasteiger partial charge in [0.25, 0.3) is 0 Å². The summed E-state index contributed by atoms with van der Waals surface area (Å²) in [4.78, 5) is 0.578. The molecule has 1 rings (SSSR count). The minimum absolute atomic E-state index is 0.578. The Balaban J connectivity index is 2.35. The van der Waals surface area contributed by atoms with Crippen LogP contribution in [0.2, 0.25) is 0 Å². The fraction of sp³-hybridized carbons (Fsp3) is 0.778. The Kier molecular flexibility index (Phi) is 3.90. The third-order valence-electron chi connectivity index (χ3n) is 2.05. The second kappa shape index (κ2) is 4.74. The lowest BCUT2D eigenvalue weighted by Crippen LogP contribution is -2.08. The first kappa shape index (κ1) is 10.7. The van der Waals surface area contributed by atoms with E-state index in [4.69, 9.17) is 0 Å². The summed E-state index contributed by atoms with van der Waals surface area (Å²) in [6.45, 7) is 4.44. The maximum absolute atomic E-state index is 4.04. The molecule has 0 bridgehead atoms. The molecule has 0 fully saturated rings. The van der Waals surface area contributed by atoms with Crippen LogP contribution in [0, 0.1) is 5.92 Å². The molecule has 13 heavy (non-hydrogen) atoms. The van der Waals surface area contributed by atoms with Gasteiger partial charge in [0.05, 0.1) is 5.69 Å². The number of aryl methyl sites for hydroxylation is 2. The van der Waals surface area contributed by atoms with E-state index < -0.39 is 0 Å². The van der Waals surface area contributed by atoms with Crippen molar-refractivity contribution in [3.63, 3.8) is 0 Å². The maximum Gasteiger partial charge on any atom is 0.0827 e. The molecule has 0 spiro atoms. The average molecular weight is 246 g/mol. The van der Waals surface area contributed by atoms with Gasteiger partial charge in [-0.05, 0) is 18.8 Å². The highest BCUT2D eigenvalue weighted by molar-refractivity contribution is 9.09. The number of hydrogen-bond acceptors (Lipinski definition) is 2. The summed E-state index contributed by atoms with van der Waals surface area (Å²) >= 11 is 3.65. The quantitative estimate of drug-likeness (QED) is 0.762. The van der Waals surface area contributed by atoms with E-state index in [1.165, 1.54) is 0 Å². The molecule has 0 aliphatic heterocycles. The van der Waals surface area contributed by atoms with Crippen LogP contribution in [0.15, 0.2) is 6.20 Å². The third kappa shape index (κ3) is 3.46. The van der Waals surface area contributed by atoms with Crippen molar-refractivity contribution in [3.05, 3.63) is 11.9 Å². The average Bonchev–Trinajstić information content (AvgIpc) is 2.47. The fourth-order valence-electron chi connectivity index (χ4n) is 1.13. The van der Waals surface area contributed by atoms with Crippen molar-refractivity contribution in [3.8, 4) is 0 Å². The Bertz CT molecular complexity index is 257. The molecular weight excluding hydrogens is 230 g/mol. The van der Waals surface area contributed by atoms with Crippen LogP contribution >= 0.6 is 15.9 Å². The molecule has 1 aromatic rings. The SMILES string of the molecule is CC(C)C(Br)CCc1cn(C)nn1. The molecule has 0 saturated carbocycles. The van der Waals surface area contributed by atoms with Crippen molar-refractivity contribution in [2.75, 3.05) is 0 Å². The first-order chi connectivity index (χ1) is 6.09. The van der Waals surface area contributed by atoms with Gasteiger partial charge in [-0.15, -0.1) is 5.10 Å². The zero-order valence-corrected chi connectivity index (χ0v) is 9.95. The summed E-state index contributed by atoms with van der Waals surface area (Å²) in [5.74, 6) is 0.677. The molecule has 0 amide bonds. The Labute approximate surface area is 87.6 Å². The van der Waals surface area contributed by atoms with Gasteiger partial charge < -0.3 is 0 Å². The highest BCUT2D eigenvalue weighted by Crippen LogP contribution is 2.17. The lowest BCUT2D eigenvalue weighted by Gasteiger charge is -2.11. The molecule has 1 unspecified atom stereocenters. The number of halogens is 1. The van der Waals surface area contributed by atoms with Gasteiger partial charge in [-0.1, -0.05) is 35.0 Å². The molecule has 3 nitrogen and oxygen atoms in total. The Morgan fingerprint density at radius 3 is 2.69 bits per heavy atom. The summed E-state index contributed by atoms with van der Waals surface area (Å²) < 4.78 is 1.74. The molecule has 0 aliphatic carbocycles. The van der Waals surface area contributed by atoms with Crippen LogP contribution in [0.5, 0.6) is 0 Å². The normalized spacial score (nSPS) is 13.6. The van der Waals surface area contributed by atoms with Gasteiger partial charge in [-0.25, -0.2) is 0 Å². The molecule has 0 saturated heterocycles. The first-order valence-corrected chi connectivity index (χ1v) is 5.50. The van der Waals surface area contributed by atoms with Crippen LogP contribution in [0.3, 0.4) is 0 Å². The lowest BCUT2D eigenvalue weighted by molar-refractivity contribution is 0.578. The molecule has 0 aliphatic rings. The summed E-state index contributed by atoms with van der Waals surface area (Å²) in [5.41, 5.74) is 1.08. The van der Waals surface area contributed by atoms with Gasteiger partial charge in [0.1, 0.15) is 0 Å².